The normalized spacial score (nSPS) is 21.4. The number of carbonyl (C=O) groups excluding carboxylic acids is 2. The molecular formula is C17H24N4O5. The third-order valence-corrected chi connectivity index (χ3v) is 4.53. The highest BCUT2D eigenvalue weighted by atomic mass is 16.5. The zero-order valence-corrected chi connectivity index (χ0v) is 14.4. The van der Waals surface area contributed by atoms with Gasteiger partial charge in [-0.1, -0.05) is 6.07 Å². The Bertz CT molecular complexity index is 669. The van der Waals surface area contributed by atoms with Gasteiger partial charge < -0.3 is 35.8 Å². The van der Waals surface area contributed by atoms with Crippen LogP contribution in [0, 0.1) is 0 Å². The highest BCUT2D eigenvalue weighted by Crippen LogP contribution is 2.29. The number of carbonyl (C=O) groups is 2. The number of nitrogens with one attached hydrogen (secondary N) is 3. The van der Waals surface area contributed by atoms with Gasteiger partial charge in [0, 0.05) is 13.1 Å². The van der Waals surface area contributed by atoms with Crippen LogP contribution in [0.5, 0.6) is 5.75 Å². The lowest BCUT2D eigenvalue weighted by Gasteiger charge is -2.24. The summed E-state index contributed by atoms with van der Waals surface area (Å²) in [6, 6.07) is 4.79. The zero-order chi connectivity index (χ0) is 18.5. The van der Waals surface area contributed by atoms with Crippen LogP contribution in [-0.4, -0.2) is 65.6 Å². The van der Waals surface area contributed by atoms with E-state index in [1.54, 1.807) is 17.0 Å². The molecule has 1 fully saturated rings. The van der Waals surface area contributed by atoms with Gasteiger partial charge in [-0.2, -0.15) is 0 Å². The second-order valence-electron chi connectivity index (χ2n) is 6.40. The van der Waals surface area contributed by atoms with Crippen molar-refractivity contribution < 1.29 is 24.5 Å². The van der Waals surface area contributed by atoms with Gasteiger partial charge in [0.25, 0.3) is 0 Å². The zero-order valence-electron chi connectivity index (χ0n) is 14.4. The molecule has 26 heavy (non-hydrogen) atoms. The summed E-state index contributed by atoms with van der Waals surface area (Å²) in [7, 11) is 0. The van der Waals surface area contributed by atoms with Gasteiger partial charge in [0.2, 0.25) is 5.91 Å². The third kappa shape index (κ3) is 4.36. The molecule has 9 heteroatoms. The van der Waals surface area contributed by atoms with E-state index < -0.39 is 12.3 Å². The van der Waals surface area contributed by atoms with E-state index in [2.05, 4.69) is 16.0 Å². The molecule has 2 atom stereocenters. The summed E-state index contributed by atoms with van der Waals surface area (Å²) >= 11 is 0. The Balaban J connectivity index is 1.43. The van der Waals surface area contributed by atoms with Crippen molar-refractivity contribution in [2.45, 2.75) is 31.7 Å². The number of anilines is 1. The summed E-state index contributed by atoms with van der Waals surface area (Å²) in [6.45, 7) is 0.910. The summed E-state index contributed by atoms with van der Waals surface area (Å²) < 4.78 is 5.43. The standard InChI is InChI=1S/C17H24N4O5/c22-9-12-2-1-5-21(12)16(24)8-19-17(25)18-7-11-3-4-13-14(6-11)26-10-15(23)20-13/h3-4,6,12,15,20,22-23H,1-2,5,7-10H2,(H2,18,19,25)/t12-,15+/m0/s1. The van der Waals surface area contributed by atoms with Crippen molar-refractivity contribution >= 4 is 17.6 Å². The lowest BCUT2D eigenvalue weighted by molar-refractivity contribution is -0.131. The smallest absolute Gasteiger partial charge is 0.315 e. The Morgan fingerprint density at radius 3 is 3.00 bits per heavy atom. The molecule has 142 valence electrons. The van der Waals surface area contributed by atoms with Crippen LogP contribution in [0.2, 0.25) is 0 Å². The molecule has 0 unspecified atom stereocenters. The van der Waals surface area contributed by atoms with Crippen molar-refractivity contribution in [3.05, 3.63) is 23.8 Å². The molecule has 0 spiro atoms. The van der Waals surface area contributed by atoms with Crippen molar-refractivity contribution in [3.63, 3.8) is 0 Å². The van der Waals surface area contributed by atoms with Crippen LogP contribution >= 0.6 is 0 Å². The Kier molecular flexibility index (Phi) is 5.79. The number of likely N-dealkylation sites (tertiary alicyclic amines) is 1. The summed E-state index contributed by atoms with van der Waals surface area (Å²) in [5.74, 6) is 0.428. The first-order chi connectivity index (χ1) is 12.6. The highest BCUT2D eigenvalue weighted by Gasteiger charge is 2.27. The van der Waals surface area contributed by atoms with Gasteiger partial charge in [-0.15, -0.1) is 0 Å². The SMILES string of the molecule is O=C(NCC(=O)N1CCC[C@H]1CO)NCc1ccc2c(c1)OC[C@@H](O)N2. The van der Waals surface area contributed by atoms with Crippen molar-refractivity contribution in [2.75, 3.05) is 31.6 Å². The number of aliphatic hydroxyl groups excluding tert-OH is 2. The first-order valence-electron chi connectivity index (χ1n) is 8.69. The van der Waals surface area contributed by atoms with E-state index in [1.165, 1.54) is 0 Å². The molecule has 2 heterocycles. The molecule has 0 radical (unpaired) electrons. The number of ether oxygens (including phenoxy) is 1. The number of hydrogen-bond acceptors (Lipinski definition) is 6. The Morgan fingerprint density at radius 2 is 2.19 bits per heavy atom. The summed E-state index contributed by atoms with van der Waals surface area (Å²) in [6.07, 6.45) is 0.937. The molecule has 5 N–H and O–H groups in total. The predicted octanol–water partition coefficient (Wildman–Crippen LogP) is -0.408. The molecule has 0 aliphatic carbocycles. The van der Waals surface area contributed by atoms with Gasteiger partial charge in [-0.25, -0.2) is 4.79 Å². The first kappa shape index (κ1) is 18.3. The van der Waals surface area contributed by atoms with E-state index in [0.29, 0.717) is 18.0 Å². The number of rotatable bonds is 5. The van der Waals surface area contributed by atoms with E-state index in [9.17, 15) is 19.8 Å². The van der Waals surface area contributed by atoms with Crippen LogP contribution in [0.1, 0.15) is 18.4 Å². The fraction of sp³-hybridized carbons (Fsp3) is 0.529. The molecule has 2 aliphatic heterocycles. The van der Waals surface area contributed by atoms with Crippen LogP contribution in [-0.2, 0) is 11.3 Å². The van der Waals surface area contributed by atoms with Crippen LogP contribution in [0.15, 0.2) is 18.2 Å². The van der Waals surface area contributed by atoms with Gasteiger partial charge >= 0.3 is 6.03 Å². The molecular weight excluding hydrogens is 340 g/mol. The number of fused-ring (bicyclic) bond motifs is 1. The maximum atomic E-state index is 12.1. The van der Waals surface area contributed by atoms with Gasteiger partial charge in [0.1, 0.15) is 12.4 Å². The maximum Gasteiger partial charge on any atom is 0.315 e. The van der Waals surface area contributed by atoms with Crippen molar-refractivity contribution in [3.8, 4) is 5.75 Å². The van der Waals surface area contributed by atoms with Gasteiger partial charge in [-0.05, 0) is 30.5 Å². The third-order valence-electron chi connectivity index (χ3n) is 4.53. The van der Waals surface area contributed by atoms with Gasteiger partial charge in [-0.3, -0.25) is 4.79 Å². The molecule has 0 saturated carbocycles. The molecule has 2 aliphatic rings. The van der Waals surface area contributed by atoms with Crippen LogP contribution in [0.4, 0.5) is 10.5 Å². The molecule has 9 nitrogen and oxygen atoms in total. The number of hydrogen-bond donors (Lipinski definition) is 5. The average Bonchev–Trinajstić information content (AvgIpc) is 3.13. The van der Waals surface area contributed by atoms with Crippen LogP contribution in [0.25, 0.3) is 0 Å². The minimum Gasteiger partial charge on any atom is -0.487 e. The number of benzene rings is 1. The molecule has 1 saturated heterocycles. The van der Waals surface area contributed by atoms with E-state index in [-0.39, 0.29) is 38.3 Å². The monoisotopic (exact) mass is 364 g/mol. The summed E-state index contributed by atoms with van der Waals surface area (Å²) in [4.78, 5) is 25.6. The number of aliphatic hydroxyl groups is 2. The van der Waals surface area contributed by atoms with Crippen molar-refractivity contribution in [2.24, 2.45) is 0 Å². The van der Waals surface area contributed by atoms with E-state index in [0.717, 1.165) is 18.4 Å². The van der Waals surface area contributed by atoms with Crippen LogP contribution < -0.4 is 20.7 Å². The average molecular weight is 364 g/mol. The summed E-state index contributed by atoms with van der Waals surface area (Å²) in [5, 5.41) is 26.8. The van der Waals surface area contributed by atoms with E-state index >= 15 is 0 Å². The molecule has 1 aromatic rings. The maximum absolute atomic E-state index is 12.1. The van der Waals surface area contributed by atoms with Gasteiger partial charge in [0.15, 0.2) is 6.23 Å². The van der Waals surface area contributed by atoms with Crippen LogP contribution in [0.3, 0.4) is 0 Å². The molecule has 1 aromatic carbocycles. The quantitative estimate of drug-likeness (QED) is 0.484. The Labute approximate surface area is 151 Å². The molecule has 0 bridgehead atoms. The van der Waals surface area contributed by atoms with Gasteiger partial charge in [0.05, 0.1) is 24.9 Å². The number of urea groups is 1. The fourth-order valence-electron chi connectivity index (χ4n) is 3.16. The Morgan fingerprint density at radius 1 is 1.35 bits per heavy atom. The highest BCUT2D eigenvalue weighted by molar-refractivity contribution is 5.84. The number of amides is 3. The van der Waals surface area contributed by atoms with Crippen molar-refractivity contribution in [1.29, 1.82) is 0 Å². The van der Waals surface area contributed by atoms with E-state index in [4.69, 9.17) is 4.74 Å². The molecule has 3 amide bonds. The minimum absolute atomic E-state index is 0.0514. The number of nitrogens with zero attached hydrogens (tertiary/aromatic N) is 1. The van der Waals surface area contributed by atoms with Crippen molar-refractivity contribution in [1.82, 2.24) is 15.5 Å². The topological polar surface area (TPSA) is 123 Å². The first-order valence-corrected chi connectivity index (χ1v) is 8.69. The lowest BCUT2D eigenvalue weighted by atomic mass is 10.1. The Hall–Kier alpha value is -2.52. The largest absolute Gasteiger partial charge is 0.487 e. The summed E-state index contributed by atoms with van der Waals surface area (Å²) in [5.41, 5.74) is 1.54. The molecule has 3 rings (SSSR count). The predicted molar refractivity (Wildman–Crippen MR) is 93.6 cm³/mol. The lowest BCUT2D eigenvalue weighted by Crippen LogP contribution is -2.46. The minimum atomic E-state index is -0.726. The fourth-order valence-corrected chi connectivity index (χ4v) is 3.16. The second-order valence-corrected chi connectivity index (χ2v) is 6.40. The van der Waals surface area contributed by atoms with E-state index in [1.807, 2.05) is 6.07 Å². The second kappa shape index (κ2) is 8.24. The molecule has 0 aromatic heterocycles.